The summed E-state index contributed by atoms with van der Waals surface area (Å²) in [4.78, 5) is 18.4. The third kappa shape index (κ3) is 18.1. The smallest absolute Gasteiger partial charge is 0.330 e. The Morgan fingerprint density at radius 1 is 0.714 bits per heavy atom. The summed E-state index contributed by atoms with van der Waals surface area (Å²) in [6, 6.07) is 0. The average molecular weight is 452 g/mol. The molecule has 11 nitrogen and oxygen atoms in total. The van der Waals surface area contributed by atoms with Crippen LogP contribution in [0.3, 0.4) is 0 Å². The number of ether oxygens (including phenoxy) is 4. The highest BCUT2D eigenvalue weighted by Gasteiger charge is 2.25. The Morgan fingerprint density at radius 3 is 1.57 bits per heavy atom. The third-order valence-electron chi connectivity index (χ3n) is 3.09. The van der Waals surface area contributed by atoms with Crippen LogP contribution in [0.4, 0.5) is 0 Å². The van der Waals surface area contributed by atoms with E-state index in [0.29, 0.717) is 33.0 Å². The standard InChI is InChI=1S/C15H34O11P2/c1-14(2)28(19,20)26-13-15(16)12-24-9-8-22-5-4-21-6-7-23-10-11-25-27(3,17)18/h14-16H,4-13H2,1-3H3,(H,17,18)(H,19,20). The summed E-state index contributed by atoms with van der Waals surface area (Å²) in [6.07, 6.45) is -0.991. The van der Waals surface area contributed by atoms with E-state index in [9.17, 15) is 19.1 Å². The number of hydrogen-bond donors (Lipinski definition) is 3. The molecule has 3 N–H and O–H groups in total. The van der Waals surface area contributed by atoms with Gasteiger partial charge in [-0.1, -0.05) is 13.8 Å². The van der Waals surface area contributed by atoms with Gasteiger partial charge in [0.05, 0.1) is 71.7 Å². The fraction of sp³-hybridized carbons (Fsp3) is 1.00. The summed E-state index contributed by atoms with van der Waals surface area (Å²) in [7, 11) is -7.13. The summed E-state index contributed by atoms with van der Waals surface area (Å²) in [6.45, 7) is 6.21. The maximum absolute atomic E-state index is 11.6. The zero-order valence-corrected chi connectivity index (χ0v) is 18.5. The van der Waals surface area contributed by atoms with Crippen LogP contribution in [0.1, 0.15) is 13.8 Å². The van der Waals surface area contributed by atoms with Crippen LogP contribution < -0.4 is 0 Å². The van der Waals surface area contributed by atoms with E-state index >= 15 is 0 Å². The van der Waals surface area contributed by atoms with E-state index in [4.69, 9.17) is 28.4 Å². The fourth-order valence-electron chi connectivity index (χ4n) is 1.53. The molecule has 0 aromatic heterocycles. The van der Waals surface area contributed by atoms with E-state index in [2.05, 4.69) is 4.52 Å². The van der Waals surface area contributed by atoms with E-state index in [1.165, 1.54) is 0 Å². The minimum Gasteiger partial charge on any atom is -0.388 e. The van der Waals surface area contributed by atoms with Gasteiger partial charge in [-0.15, -0.1) is 0 Å². The maximum atomic E-state index is 11.6. The zero-order valence-electron chi connectivity index (χ0n) is 16.7. The maximum Gasteiger partial charge on any atom is 0.330 e. The lowest BCUT2D eigenvalue weighted by Crippen LogP contribution is -2.23. The molecule has 0 rings (SSSR count). The fourth-order valence-corrected chi connectivity index (χ4v) is 2.63. The molecule has 0 bridgehead atoms. The zero-order chi connectivity index (χ0) is 21.5. The molecule has 0 spiro atoms. The molecule has 0 radical (unpaired) electrons. The summed E-state index contributed by atoms with van der Waals surface area (Å²) < 4.78 is 52.7. The molecule has 0 amide bonds. The molecule has 0 saturated carbocycles. The molecule has 0 aromatic carbocycles. The molecule has 3 atom stereocenters. The molecule has 0 aromatic rings. The minimum atomic E-state index is -3.69. The van der Waals surface area contributed by atoms with Crippen LogP contribution in [0.5, 0.6) is 0 Å². The summed E-state index contributed by atoms with van der Waals surface area (Å²) in [5, 5.41) is 9.62. The van der Waals surface area contributed by atoms with E-state index in [1.54, 1.807) is 13.8 Å². The number of hydrogen-bond acceptors (Lipinski definition) is 9. The lowest BCUT2D eigenvalue weighted by Gasteiger charge is -2.18. The normalized spacial score (nSPS) is 17.4. The van der Waals surface area contributed by atoms with Crippen LogP contribution in [0.15, 0.2) is 0 Å². The minimum absolute atomic E-state index is 0.0250. The first-order valence-corrected chi connectivity index (χ1v) is 12.6. The molecule has 0 aliphatic carbocycles. The van der Waals surface area contributed by atoms with Crippen LogP contribution in [0.25, 0.3) is 0 Å². The van der Waals surface area contributed by atoms with Gasteiger partial charge in [-0.3, -0.25) is 9.13 Å². The van der Waals surface area contributed by atoms with Gasteiger partial charge in [0.25, 0.3) is 0 Å². The van der Waals surface area contributed by atoms with Crippen molar-refractivity contribution in [2.75, 3.05) is 72.7 Å². The topological polar surface area (TPSA) is 150 Å². The molecular weight excluding hydrogens is 418 g/mol. The predicted octanol–water partition coefficient (Wildman–Crippen LogP) is 0.856. The highest BCUT2D eigenvalue weighted by Crippen LogP contribution is 2.46. The van der Waals surface area contributed by atoms with Gasteiger partial charge in [-0.05, 0) is 0 Å². The predicted molar refractivity (Wildman–Crippen MR) is 102 cm³/mol. The van der Waals surface area contributed by atoms with Crippen molar-refractivity contribution in [1.29, 1.82) is 0 Å². The average Bonchev–Trinajstić information content (AvgIpc) is 2.59. The van der Waals surface area contributed by atoms with Crippen molar-refractivity contribution in [3.05, 3.63) is 0 Å². The first-order valence-electron chi connectivity index (χ1n) is 8.95. The lowest BCUT2D eigenvalue weighted by atomic mass is 10.4. The monoisotopic (exact) mass is 452 g/mol. The van der Waals surface area contributed by atoms with Gasteiger partial charge in [-0.2, -0.15) is 0 Å². The van der Waals surface area contributed by atoms with Crippen LogP contribution >= 0.6 is 15.2 Å². The largest absolute Gasteiger partial charge is 0.388 e. The van der Waals surface area contributed by atoms with Gasteiger partial charge in [0.15, 0.2) is 0 Å². The van der Waals surface area contributed by atoms with Gasteiger partial charge in [-0.25, -0.2) is 0 Å². The molecule has 0 heterocycles. The van der Waals surface area contributed by atoms with Crippen molar-refractivity contribution < 1.29 is 52.0 Å². The van der Waals surface area contributed by atoms with Crippen molar-refractivity contribution in [3.8, 4) is 0 Å². The van der Waals surface area contributed by atoms with E-state index in [-0.39, 0.29) is 33.0 Å². The van der Waals surface area contributed by atoms with Gasteiger partial charge >= 0.3 is 15.2 Å². The van der Waals surface area contributed by atoms with E-state index in [0.717, 1.165) is 6.66 Å². The Labute approximate surface area is 166 Å². The molecule has 170 valence electrons. The first-order chi connectivity index (χ1) is 13.0. The number of aliphatic hydroxyl groups excluding tert-OH is 1. The summed E-state index contributed by atoms with van der Waals surface area (Å²) in [5.74, 6) is 0. The Morgan fingerprint density at radius 2 is 1.14 bits per heavy atom. The summed E-state index contributed by atoms with van der Waals surface area (Å²) in [5.41, 5.74) is -0.528. The second kappa shape index (κ2) is 15.9. The van der Waals surface area contributed by atoms with Crippen LogP contribution in [0, 0.1) is 0 Å². The second-order valence-electron chi connectivity index (χ2n) is 6.16. The molecule has 28 heavy (non-hydrogen) atoms. The Hall–Kier alpha value is 0.1000. The van der Waals surface area contributed by atoms with Crippen molar-refractivity contribution >= 4 is 15.2 Å². The Bertz CT molecular complexity index is 469. The van der Waals surface area contributed by atoms with Gasteiger partial charge in [0.1, 0.15) is 6.10 Å². The molecule has 13 heteroatoms. The van der Waals surface area contributed by atoms with Gasteiger partial charge in [0, 0.05) is 6.66 Å². The summed E-state index contributed by atoms with van der Waals surface area (Å²) >= 11 is 0. The number of aliphatic hydroxyl groups is 1. The SMILES string of the molecule is CC(C)P(=O)(O)OCC(O)COCCOCCOCCOCCOP(C)(=O)O. The van der Waals surface area contributed by atoms with Crippen LogP contribution in [0.2, 0.25) is 0 Å². The van der Waals surface area contributed by atoms with E-state index < -0.39 is 27.0 Å². The molecule has 0 fully saturated rings. The highest BCUT2D eigenvalue weighted by molar-refractivity contribution is 7.53. The molecule has 0 aliphatic heterocycles. The highest BCUT2D eigenvalue weighted by atomic mass is 31.2. The Kier molecular flexibility index (Phi) is 15.9. The van der Waals surface area contributed by atoms with Gasteiger partial charge in [0.2, 0.25) is 0 Å². The molecule has 0 aliphatic rings. The van der Waals surface area contributed by atoms with E-state index in [1.807, 2.05) is 0 Å². The first kappa shape index (κ1) is 28.1. The van der Waals surface area contributed by atoms with Gasteiger partial charge < -0.3 is 42.9 Å². The van der Waals surface area contributed by atoms with Crippen LogP contribution in [-0.2, 0) is 37.1 Å². The second-order valence-corrected chi connectivity index (χ2v) is 10.4. The Balaban J connectivity index is 3.33. The number of rotatable bonds is 19. The van der Waals surface area contributed by atoms with Crippen molar-refractivity contribution in [1.82, 2.24) is 0 Å². The van der Waals surface area contributed by atoms with Crippen molar-refractivity contribution in [2.45, 2.75) is 25.6 Å². The lowest BCUT2D eigenvalue weighted by molar-refractivity contribution is -0.0259. The quantitative estimate of drug-likeness (QED) is 0.189. The van der Waals surface area contributed by atoms with Crippen molar-refractivity contribution in [2.24, 2.45) is 0 Å². The third-order valence-corrected chi connectivity index (χ3v) is 5.58. The molecule has 3 unspecified atom stereocenters. The van der Waals surface area contributed by atoms with Crippen molar-refractivity contribution in [3.63, 3.8) is 0 Å². The molecular formula is C15H34O11P2. The van der Waals surface area contributed by atoms with Crippen LogP contribution in [-0.4, -0.2) is 99.4 Å². The molecule has 0 saturated heterocycles.